The fourth-order valence-corrected chi connectivity index (χ4v) is 4.15. The van der Waals surface area contributed by atoms with E-state index in [2.05, 4.69) is 10.5 Å². The van der Waals surface area contributed by atoms with Gasteiger partial charge in [-0.1, -0.05) is 42.8 Å². The van der Waals surface area contributed by atoms with Crippen LogP contribution < -0.4 is 5.43 Å². The Morgan fingerprint density at radius 3 is 2.77 bits per heavy atom. The van der Waals surface area contributed by atoms with Crippen LogP contribution in [0.3, 0.4) is 0 Å². The predicted octanol–water partition coefficient (Wildman–Crippen LogP) is 3.99. The van der Waals surface area contributed by atoms with Crippen molar-refractivity contribution in [1.29, 1.82) is 0 Å². The molecule has 3 atom stereocenters. The number of amides is 1. The molecule has 0 aromatic heterocycles. The molecule has 3 nitrogen and oxygen atoms in total. The highest BCUT2D eigenvalue weighted by molar-refractivity contribution is 6.07. The SMILES string of the molecule is O=C(N/N=C\[C@H]1C[C@H]2CC[C@@H]1C2)c1cccc2ccccc12. The van der Waals surface area contributed by atoms with Crippen LogP contribution in [0.5, 0.6) is 0 Å². The first-order valence-electron chi connectivity index (χ1n) is 8.12. The van der Waals surface area contributed by atoms with Crippen molar-refractivity contribution in [2.45, 2.75) is 25.7 Å². The molecular formula is C19H20N2O. The topological polar surface area (TPSA) is 41.5 Å². The molecule has 1 amide bonds. The van der Waals surface area contributed by atoms with E-state index in [1.54, 1.807) is 0 Å². The van der Waals surface area contributed by atoms with Crippen molar-refractivity contribution < 1.29 is 4.79 Å². The lowest BCUT2D eigenvalue weighted by Crippen LogP contribution is -2.20. The summed E-state index contributed by atoms with van der Waals surface area (Å²) in [6, 6.07) is 13.7. The van der Waals surface area contributed by atoms with E-state index in [1.807, 2.05) is 48.7 Å². The first-order valence-corrected chi connectivity index (χ1v) is 8.12. The van der Waals surface area contributed by atoms with Crippen LogP contribution in [0.2, 0.25) is 0 Å². The lowest BCUT2D eigenvalue weighted by atomic mass is 9.90. The van der Waals surface area contributed by atoms with Gasteiger partial charge in [0.15, 0.2) is 0 Å². The second-order valence-corrected chi connectivity index (χ2v) is 6.58. The third kappa shape index (κ3) is 2.41. The highest BCUT2D eigenvalue weighted by Crippen LogP contribution is 2.47. The quantitative estimate of drug-likeness (QED) is 0.674. The standard InChI is InChI=1S/C19H20N2O/c22-19(18-7-3-5-14-4-1-2-6-17(14)18)21-20-12-16-11-13-8-9-15(16)10-13/h1-7,12-13,15-16H,8-11H2,(H,21,22)/b20-12-/t13-,15+,16+/m0/s1. The second-order valence-electron chi connectivity index (χ2n) is 6.58. The lowest BCUT2D eigenvalue weighted by molar-refractivity contribution is 0.0956. The van der Waals surface area contributed by atoms with Crippen molar-refractivity contribution in [2.75, 3.05) is 0 Å². The smallest absolute Gasteiger partial charge is 0.267 e. The summed E-state index contributed by atoms with van der Waals surface area (Å²) < 4.78 is 0. The maximum absolute atomic E-state index is 12.4. The van der Waals surface area contributed by atoms with Crippen LogP contribution in [0.4, 0.5) is 0 Å². The molecule has 0 aliphatic heterocycles. The Labute approximate surface area is 130 Å². The summed E-state index contributed by atoms with van der Waals surface area (Å²) in [4.78, 5) is 12.4. The Balaban J connectivity index is 1.47. The van der Waals surface area contributed by atoms with E-state index < -0.39 is 0 Å². The fraction of sp³-hybridized carbons (Fsp3) is 0.368. The van der Waals surface area contributed by atoms with Crippen LogP contribution in [0.1, 0.15) is 36.0 Å². The van der Waals surface area contributed by atoms with Gasteiger partial charge in [-0.15, -0.1) is 0 Å². The fourth-order valence-electron chi connectivity index (χ4n) is 4.15. The van der Waals surface area contributed by atoms with E-state index in [0.29, 0.717) is 11.5 Å². The number of nitrogens with one attached hydrogen (secondary N) is 1. The molecule has 2 aliphatic rings. The summed E-state index contributed by atoms with van der Waals surface area (Å²) in [6.45, 7) is 0. The Kier molecular flexibility index (Phi) is 3.41. The maximum atomic E-state index is 12.4. The first-order chi connectivity index (χ1) is 10.8. The van der Waals surface area contributed by atoms with E-state index in [-0.39, 0.29) is 5.91 Å². The molecule has 0 radical (unpaired) electrons. The molecule has 2 fully saturated rings. The number of rotatable bonds is 3. The molecule has 2 aliphatic carbocycles. The van der Waals surface area contributed by atoms with Crippen LogP contribution in [-0.4, -0.2) is 12.1 Å². The largest absolute Gasteiger partial charge is 0.271 e. The molecule has 22 heavy (non-hydrogen) atoms. The summed E-state index contributed by atoms with van der Waals surface area (Å²) in [5.41, 5.74) is 3.39. The average molecular weight is 292 g/mol. The van der Waals surface area contributed by atoms with Crippen molar-refractivity contribution in [3.8, 4) is 0 Å². The number of carbonyl (C=O) groups excluding carboxylic acids is 1. The average Bonchev–Trinajstić information content (AvgIpc) is 3.17. The van der Waals surface area contributed by atoms with E-state index >= 15 is 0 Å². The molecule has 4 rings (SSSR count). The molecule has 112 valence electrons. The van der Waals surface area contributed by atoms with Gasteiger partial charge in [-0.05, 0) is 53.9 Å². The van der Waals surface area contributed by atoms with Crippen molar-refractivity contribution >= 4 is 22.9 Å². The molecule has 2 aromatic rings. The molecule has 0 saturated heterocycles. The van der Waals surface area contributed by atoms with E-state index in [0.717, 1.165) is 22.6 Å². The van der Waals surface area contributed by atoms with Crippen molar-refractivity contribution in [3.63, 3.8) is 0 Å². The summed E-state index contributed by atoms with van der Waals surface area (Å²) >= 11 is 0. The highest BCUT2D eigenvalue weighted by Gasteiger charge is 2.38. The molecule has 1 N–H and O–H groups in total. The van der Waals surface area contributed by atoms with Crippen LogP contribution in [0.25, 0.3) is 10.8 Å². The van der Waals surface area contributed by atoms with Gasteiger partial charge in [-0.3, -0.25) is 4.79 Å². The molecule has 2 saturated carbocycles. The molecule has 2 bridgehead atoms. The molecule has 0 heterocycles. The van der Waals surface area contributed by atoms with Crippen LogP contribution in [0, 0.1) is 17.8 Å². The Morgan fingerprint density at radius 2 is 1.95 bits per heavy atom. The second kappa shape index (κ2) is 5.56. The monoisotopic (exact) mass is 292 g/mol. The van der Waals surface area contributed by atoms with Gasteiger partial charge in [0.1, 0.15) is 0 Å². The van der Waals surface area contributed by atoms with E-state index in [1.165, 1.54) is 25.7 Å². The number of hydrazone groups is 1. The van der Waals surface area contributed by atoms with E-state index in [9.17, 15) is 4.79 Å². The number of hydrogen-bond donors (Lipinski definition) is 1. The minimum Gasteiger partial charge on any atom is -0.267 e. The number of carbonyl (C=O) groups is 1. The Morgan fingerprint density at radius 1 is 1.09 bits per heavy atom. The predicted molar refractivity (Wildman–Crippen MR) is 88.8 cm³/mol. The number of benzene rings is 2. The van der Waals surface area contributed by atoms with Gasteiger partial charge >= 0.3 is 0 Å². The zero-order valence-electron chi connectivity index (χ0n) is 12.5. The summed E-state index contributed by atoms with van der Waals surface area (Å²) in [7, 11) is 0. The minimum atomic E-state index is -0.129. The van der Waals surface area contributed by atoms with Gasteiger partial charge in [0.05, 0.1) is 0 Å². The summed E-state index contributed by atoms with van der Waals surface area (Å²) in [5, 5.41) is 6.28. The molecule has 0 unspecified atom stereocenters. The zero-order chi connectivity index (χ0) is 14.9. The normalized spacial score (nSPS) is 26.8. The third-order valence-corrected chi connectivity index (χ3v) is 5.26. The molecule has 3 heteroatoms. The van der Waals surface area contributed by atoms with Gasteiger partial charge in [-0.2, -0.15) is 5.10 Å². The van der Waals surface area contributed by atoms with Crippen LogP contribution >= 0.6 is 0 Å². The van der Waals surface area contributed by atoms with Crippen LogP contribution in [0.15, 0.2) is 47.6 Å². The number of hydrogen-bond acceptors (Lipinski definition) is 2. The summed E-state index contributed by atoms with van der Waals surface area (Å²) in [6.07, 6.45) is 7.29. The molecule has 2 aromatic carbocycles. The van der Waals surface area contributed by atoms with E-state index in [4.69, 9.17) is 0 Å². The summed E-state index contributed by atoms with van der Waals surface area (Å²) in [5.74, 6) is 2.13. The highest BCUT2D eigenvalue weighted by atomic mass is 16.2. The zero-order valence-corrected chi connectivity index (χ0v) is 12.5. The van der Waals surface area contributed by atoms with Crippen LogP contribution in [-0.2, 0) is 0 Å². The van der Waals surface area contributed by atoms with Gasteiger partial charge in [0, 0.05) is 11.8 Å². The first kappa shape index (κ1) is 13.5. The number of nitrogens with zero attached hydrogens (tertiary/aromatic N) is 1. The minimum absolute atomic E-state index is 0.129. The number of fused-ring (bicyclic) bond motifs is 3. The van der Waals surface area contributed by atoms with Gasteiger partial charge in [0.25, 0.3) is 5.91 Å². The lowest BCUT2D eigenvalue weighted by Gasteiger charge is -2.16. The Bertz CT molecular complexity index is 732. The van der Waals surface area contributed by atoms with Gasteiger partial charge in [-0.25, -0.2) is 5.43 Å². The van der Waals surface area contributed by atoms with Gasteiger partial charge < -0.3 is 0 Å². The molecule has 0 spiro atoms. The van der Waals surface area contributed by atoms with Crippen molar-refractivity contribution in [1.82, 2.24) is 5.43 Å². The Hall–Kier alpha value is -2.16. The van der Waals surface area contributed by atoms with Crippen molar-refractivity contribution in [2.24, 2.45) is 22.9 Å². The molecular weight excluding hydrogens is 272 g/mol. The van der Waals surface area contributed by atoms with Crippen molar-refractivity contribution in [3.05, 3.63) is 48.0 Å². The van der Waals surface area contributed by atoms with Gasteiger partial charge in [0.2, 0.25) is 0 Å². The maximum Gasteiger partial charge on any atom is 0.271 e. The third-order valence-electron chi connectivity index (χ3n) is 5.26.